The van der Waals surface area contributed by atoms with Crippen LogP contribution in [0.4, 0.5) is 0 Å². The highest BCUT2D eigenvalue weighted by atomic mass is 32.2. The fourth-order valence-corrected chi connectivity index (χ4v) is 4.93. The van der Waals surface area contributed by atoms with Crippen molar-refractivity contribution in [2.75, 3.05) is 26.7 Å². The van der Waals surface area contributed by atoms with Crippen LogP contribution in [0.25, 0.3) is 0 Å². The maximum Gasteiger partial charge on any atom is 0.309 e. The zero-order valence-corrected chi connectivity index (χ0v) is 15.6. The summed E-state index contributed by atoms with van der Waals surface area (Å²) in [5.41, 5.74) is 2.32. The largest absolute Gasteiger partial charge is 0.359 e. The molecule has 1 atom stereocenters. The number of aryl methyl sites for hydroxylation is 3. The van der Waals surface area contributed by atoms with Crippen molar-refractivity contribution < 1.29 is 22.7 Å². The van der Waals surface area contributed by atoms with Gasteiger partial charge in [-0.25, -0.2) is 8.42 Å². The van der Waals surface area contributed by atoms with Crippen LogP contribution in [0.2, 0.25) is 0 Å². The van der Waals surface area contributed by atoms with Gasteiger partial charge in [0.05, 0.1) is 18.0 Å². The monoisotopic (exact) mass is 369 g/mol. The molecule has 0 bridgehead atoms. The molecule has 25 heavy (non-hydrogen) atoms. The number of amides is 2. The number of nitrogens with one attached hydrogen (secondary N) is 2. The number of hydrogen-bond acceptors (Lipinski definition) is 5. The van der Waals surface area contributed by atoms with E-state index in [1.54, 1.807) is 13.8 Å². The Morgan fingerprint density at radius 3 is 2.36 bits per heavy atom. The molecule has 0 aromatic heterocycles. The lowest BCUT2D eigenvalue weighted by molar-refractivity contribution is -0.139. The molecule has 8 nitrogen and oxygen atoms in total. The highest BCUT2D eigenvalue weighted by Crippen LogP contribution is 2.28. The minimum absolute atomic E-state index is 0.102. The molecule has 2 N–H and O–H groups in total. The molecular formula is C16H23N3O5S. The summed E-state index contributed by atoms with van der Waals surface area (Å²) in [6.45, 7) is 5.74. The molecule has 138 valence electrons. The molecule has 0 aliphatic carbocycles. The first-order chi connectivity index (χ1) is 11.7. The van der Waals surface area contributed by atoms with Crippen molar-refractivity contribution in [3.8, 4) is 0 Å². The standard InChI is InChI=1S/C16H23N3O5S/c1-10-7-11(2)14(12(3)8-10)25(22,23)19-5-6-24-13(19)9-18-16(21)15(20)17-4/h7-8,13H,5-6,9H2,1-4H3,(H,17,20)(H,18,21)/t13-/m1/s1. The second-order valence-electron chi connectivity index (χ2n) is 5.96. The topological polar surface area (TPSA) is 105 Å². The van der Waals surface area contributed by atoms with Gasteiger partial charge < -0.3 is 15.4 Å². The van der Waals surface area contributed by atoms with E-state index in [2.05, 4.69) is 10.6 Å². The normalized spacial score (nSPS) is 18.2. The first-order valence-corrected chi connectivity index (χ1v) is 9.33. The minimum atomic E-state index is -3.78. The summed E-state index contributed by atoms with van der Waals surface area (Å²) in [6, 6.07) is 3.64. The van der Waals surface area contributed by atoms with Gasteiger partial charge in [-0.2, -0.15) is 4.31 Å². The average Bonchev–Trinajstić information content (AvgIpc) is 2.99. The summed E-state index contributed by atoms with van der Waals surface area (Å²) in [5, 5.41) is 4.59. The van der Waals surface area contributed by atoms with Crippen molar-refractivity contribution >= 4 is 21.8 Å². The Bertz CT molecular complexity index is 768. The van der Waals surface area contributed by atoms with Gasteiger partial charge in [0.2, 0.25) is 10.0 Å². The van der Waals surface area contributed by atoms with Crippen LogP contribution in [0.5, 0.6) is 0 Å². The van der Waals surface area contributed by atoms with E-state index < -0.39 is 28.1 Å². The Balaban J connectivity index is 2.24. The number of carbonyl (C=O) groups excluding carboxylic acids is 2. The van der Waals surface area contributed by atoms with Crippen molar-refractivity contribution in [1.29, 1.82) is 0 Å². The first kappa shape index (κ1) is 19.4. The zero-order valence-electron chi connectivity index (χ0n) is 14.8. The van der Waals surface area contributed by atoms with Crippen molar-refractivity contribution in [2.24, 2.45) is 0 Å². The summed E-state index contributed by atoms with van der Waals surface area (Å²) >= 11 is 0. The highest BCUT2D eigenvalue weighted by molar-refractivity contribution is 7.89. The van der Waals surface area contributed by atoms with Gasteiger partial charge in [0.15, 0.2) is 0 Å². The van der Waals surface area contributed by atoms with Gasteiger partial charge in [-0.05, 0) is 31.9 Å². The van der Waals surface area contributed by atoms with E-state index >= 15 is 0 Å². The number of ether oxygens (including phenoxy) is 1. The van der Waals surface area contributed by atoms with Gasteiger partial charge in [0, 0.05) is 13.6 Å². The lowest BCUT2D eigenvalue weighted by Crippen LogP contribution is -2.47. The number of likely N-dealkylation sites (N-methyl/N-ethyl adjacent to an activating group) is 1. The molecule has 0 unspecified atom stereocenters. The molecule has 1 aromatic carbocycles. The van der Waals surface area contributed by atoms with Crippen molar-refractivity contribution in [1.82, 2.24) is 14.9 Å². The second kappa shape index (κ2) is 7.51. The zero-order chi connectivity index (χ0) is 18.8. The van der Waals surface area contributed by atoms with Gasteiger partial charge in [0.1, 0.15) is 6.23 Å². The Morgan fingerprint density at radius 1 is 1.20 bits per heavy atom. The lowest BCUT2D eigenvalue weighted by Gasteiger charge is -2.24. The quantitative estimate of drug-likeness (QED) is 0.717. The Morgan fingerprint density at radius 2 is 1.80 bits per heavy atom. The van der Waals surface area contributed by atoms with E-state index in [0.29, 0.717) is 11.1 Å². The number of benzene rings is 1. The van der Waals surface area contributed by atoms with Gasteiger partial charge in [-0.3, -0.25) is 9.59 Å². The molecule has 1 heterocycles. The Labute approximate surface area is 147 Å². The van der Waals surface area contributed by atoms with E-state index in [-0.39, 0.29) is 24.6 Å². The molecule has 9 heteroatoms. The van der Waals surface area contributed by atoms with Crippen LogP contribution in [0.3, 0.4) is 0 Å². The molecule has 1 aliphatic heterocycles. The Kier molecular flexibility index (Phi) is 5.81. The first-order valence-electron chi connectivity index (χ1n) is 7.89. The maximum atomic E-state index is 13.1. The number of carbonyl (C=O) groups is 2. The van der Waals surface area contributed by atoms with Crippen LogP contribution in [-0.2, 0) is 24.3 Å². The van der Waals surface area contributed by atoms with E-state index in [4.69, 9.17) is 4.74 Å². The molecule has 1 aliphatic rings. The third-order valence-electron chi connectivity index (χ3n) is 3.98. The van der Waals surface area contributed by atoms with Crippen molar-refractivity contribution in [3.63, 3.8) is 0 Å². The molecular weight excluding hydrogens is 346 g/mol. The lowest BCUT2D eigenvalue weighted by atomic mass is 10.1. The summed E-state index contributed by atoms with van der Waals surface area (Å²) in [5.74, 6) is -1.63. The van der Waals surface area contributed by atoms with E-state index in [0.717, 1.165) is 5.56 Å². The molecule has 1 saturated heterocycles. The summed E-state index contributed by atoms with van der Waals surface area (Å²) in [7, 11) is -2.44. The van der Waals surface area contributed by atoms with E-state index in [1.165, 1.54) is 11.4 Å². The van der Waals surface area contributed by atoms with Crippen LogP contribution in [0.15, 0.2) is 17.0 Å². The average molecular weight is 369 g/mol. The highest BCUT2D eigenvalue weighted by Gasteiger charge is 2.38. The van der Waals surface area contributed by atoms with E-state index in [1.807, 2.05) is 19.1 Å². The molecule has 0 saturated carbocycles. The minimum Gasteiger partial charge on any atom is -0.359 e. The van der Waals surface area contributed by atoms with Gasteiger partial charge in [-0.1, -0.05) is 17.7 Å². The number of nitrogens with zero attached hydrogens (tertiary/aromatic N) is 1. The van der Waals surface area contributed by atoms with Crippen LogP contribution < -0.4 is 10.6 Å². The van der Waals surface area contributed by atoms with Crippen molar-refractivity contribution in [2.45, 2.75) is 31.9 Å². The van der Waals surface area contributed by atoms with Crippen LogP contribution in [0.1, 0.15) is 16.7 Å². The molecule has 2 rings (SSSR count). The van der Waals surface area contributed by atoms with Crippen LogP contribution in [-0.4, -0.2) is 57.5 Å². The number of hydrogen-bond donors (Lipinski definition) is 2. The summed E-state index contributed by atoms with van der Waals surface area (Å²) in [6.07, 6.45) is -0.848. The fraction of sp³-hybridized carbons (Fsp3) is 0.500. The number of sulfonamides is 1. The van der Waals surface area contributed by atoms with Gasteiger partial charge >= 0.3 is 11.8 Å². The smallest absolute Gasteiger partial charge is 0.309 e. The van der Waals surface area contributed by atoms with Gasteiger partial charge in [-0.15, -0.1) is 0 Å². The van der Waals surface area contributed by atoms with Crippen molar-refractivity contribution in [3.05, 3.63) is 28.8 Å². The molecule has 1 aromatic rings. The molecule has 0 spiro atoms. The molecule has 1 fully saturated rings. The Hall–Kier alpha value is -1.97. The van der Waals surface area contributed by atoms with E-state index in [9.17, 15) is 18.0 Å². The third kappa shape index (κ3) is 4.00. The number of rotatable bonds is 4. The SMILES string of the molecule is CNC(=O)C(=O)NC[C@H]1OCCN1S(=O)(=O)c1c(C)cc(C)cc1C. The van der Waals surface area contributed by atoms with Gasteiger partial charge in [0.25, 0.3) is 0 Å². The fourth-order valence-electron chi connectivity index (χ4n) is 3.01. The predicted molar refractivity (Wildman–Crippen MR) is 91.4 cm³/mol. The maximum absolute atomic E-state index is 13.1. The van der Waals surface area contributed by atoms with Crippen LogP contribution in [0, 0.1) is 20.8 Å². The molecule has 2 amide bonds. The summed E-state index contributed by atoms with van der Waals surface area (Å²) in [4.78, 5) is 23.1. The third-order valence-corrected chi connectivity index (χ3v) is 6.18. The van der Waals surface area contributed by atoms with Crippen LogP contribution >= 0.6 is 0 Å². The molecule has 0 radical (unpaired) electrons. The summed E-state index contributed by atoms with van der Waals surface area (Å²) < 4.78 is 32.8. The second-order valence-corrected chi connectivity index (χ2v) is 7.79. The predicted octanol–water partition coefficient (Wildman–Crippen LogP) is -0.179.